The number of alkyl halides is 3. The monoisotopic (exact) mass is 467 g/mol. The molecule has 0 saturated heterocycles. The standard InChI is InChI=1S/C20H13ClF3N3O3S/c21-16-7-2-1-6-15(16)18(28)27-19(29)26-13-8-9-17(25-11-13)31(30)14-5-3-4-12(10-14)20(22,23)24/h1-11H,(H2,26,27,28,29). The average molecular weight is 468 g/mol. The van der Waals surface area contributed by atoms with Crippen molar-refractivity contribution in [2.45, 2.75) is 16.1 Å². The normalized spacial score (nSPS) is 12.1. The van der Waals surface area contributed by atoms with Crippen LogP contribution in [0.1, 0.15) is 15.9 Å². The van der Waals surface area contributed by atoms with Gasteiger partial charge in [-0.25, -0.2) is 14.0 Å². The molecular weight excluding hydrogens is 455 g/mol. The minimum absolute atomic E-state index is 0.00238. The average Bonchev–Trinajstić information content (AvgIpc) is 2.73. The molecule has 31 heavy (non-hydrogen) atoms. The molecule has 3 aromatic rings. The first-order valence-corrected chi connectivity index (χ1v) is 10.1. The molecule has 0 aliphatic heterocycles. The number of nitrogens with one attached hydrogen (secondary N) is 2. The summed E-state index contributed by atoms with van der Waals surface area (Å²) in [6.45, 7) is 0. The molecule has 3 amide bonds. The number of imide groups is 1. The summed E-state index contributed by atoms with van der Waals surface area (Å²) in [5.74, 6) is -0.710. The van der Waals surface area contributed by atoms with Crippen LogP contribution in [0.2, 0.25) is 5.02 Å². The topological polar surface area (TPSA) is 88.2 Å². The van der Waals surface area contributed by atoms with E-state index in [4.69, 9.17) is 11.6 Å². The maximum atomic E-state index is 12.8. The molecule has 1 aromatic heterocycles. The highest BCUT2D eigenvalue weighted by Crippen LogP contribution is 2.30. The number of urea groups is 1. The molecule has 0 aliphatic carbocycles. The number of aromatic nitrogens is 1. The van der Waals surface area contributed by atoms with Crippen molar-refractivity contribution in [1.29, 1.82) is 0 Å². The van der Waals surface area contributed by atoms with E-state index in [1.165, 1.54) is 36.5 Å². The van der Waals surface area contributed by atoms with Gasteiger partial charge in [0, 0.05) is 4.90 Å². The predicted molar refractivity (Wildman–Crippen MR) is 108 cm³/mol. The fourth-order valence-corrected chi connectivity index (χ4v) is 3.69. The van der Waals surface area contributed by atoms with Gasteiger partial charge in [0.25, 0.3) is 5.91 Å². The SMILES string of the molecule is O=C(NC(=O)c1ccccc1Cl)Nc1ccc(S(=O)c2cccc(C(F)(F)F)c2)nc1. The minimum Gasteiger partial charge on any atom is -0.306 e. The molecule has 6 nitrogen and oxygen atoms in total. The summed E-state index contributed by atoms with van der Waals surface area (Å²) in [6, 6.07) is 12.1. The molecule has 0 saturated carbocycles. The molecule has 1 unspecified atom stereocenters. The van der Waals surface area contributed by atoms with Gasteiger partial charge in [0.05, 0.1) is 28.0 Å². The molecule has 1 atom stereocenters. The first-order valence-electron chi connectivity index (χ1n) is 8.57. The Morgan fingerprint density at radius 3 is 2.39 bits per heavy atom. The second-order valence-electron chi connectivity index (χ2n) is 6.07. The van der Waals surface area contributed by atoms with Crippen molar-refractivity contribution >= 4 is 40.0 Å². The number of hydrogen-bond acceptors (Lipinski definition) is 4. The molecule has 0 spiro atoms. The second-order valence-corrected chi connectivity index (χ2v) is 7.90. The van der Waals surface area contributed by atoms with Crippen LogP contribution in [0, 0.1) is 0 Å². The highest BCUT2D eigenvalue weighted by Gasteiger charge is 2.31. The van der Waals surface area contributed by atoms with Crippen LogP contribution in [0.15, 0.2) is 76.8 Å². The van der Waals surface area contributed by atoms with E-state index >= 15 is 0 Å². The lowest BCUT2D eigenvalue weighted by Gasteiger charge is -2.09. The fraction of sp³-hybridized carbons (Fsp3) is 0.0500. The fourth-order valence-electron chi connectivity index (χ4n) is 2.45. The van der Waals surface area contributed by atoms with Gasteiger partial charge in [0.15, 0.2) is 0 Å². The van der Waals surface area contributed by atoms with Crippen LogP contribution in [0.3, 0.4) is 0 Å². The van der Waals surface area contributed by atoms with E-state index in [1.807, 2.05) is 0 Å². The lowest BCUT2D eigenvalue weighted by molar-refractivity contribution is -0.137. The quantitative estimate of drug-likeness (QED) is 0.572. The lowest BCUT2D eigenvalue weighted by atomic mass is 10.2. The molecular formula is C20H13ClF3N3O3S. The van der Waals surface area contributed by atoms with Gasteiger partial charge in [-0.3, -0.25) is 10.1 Å². The maximum absolute atomic E-state index is 12.8. The molecule has 0 aliphatic rings. The maximum Gasteiger partial charge on any atom is 0.416 e. The number of anilines is 1. The third kappa shape index (κ3) is 5.68. The van der Waals surface area contributed by atoms with Gasteiger partial charge >= 0.3 is 12.2 Å². The number of amides is 3. The number of halogens is 4. The number of benzene rings is 2. The summed E-state index contributed by atoms with van der Waals surface area (Å²) in [7, 11) is -1.96. The van der Waals surface area contributed by atoms with Gasteiger partial charge in [-0.05, 0) is 42.5 Å². The van der Waals surface area contributed by atoms with E-state index in [0.717, 1.165) is 18.2 Å². The van der Waals surface area contributed by atoms with Gasteiger partial charge in [-0.15, -0.1) is 0 Å². The molecule has 3 rings (SSSR count). The lowest BCUT2D eigenvalue weighted by Crippen LogP contribution is -2.34. The van der Waals surface area contributed by atoms with Crippen molar-refractivity contribution in [2.75, 3.05) is 5.32 Å². The Hall–Kier alpha value is -3.24. The third-order valence-electron chi connectivity index (χ3n) is 3.91. The Balaban J connectivity index is 1.66. The van der Waals surface area contributed by atoms with Gasteiger partial charge in [-0.2, -0.15) is 13.2 Å². The molecule has 1 heterocycles. The van der Waals surface area contributed by atoms with Gasteiger partial charge < -0.3 is 5.32 Å². The van der Waals surface area contributed by atoms with Crippen molar-refractivity contribution in [2.24, 2.45) is 0 Å². The first kappa shape index (κ1) is 22.4. The number of carbonyl (C=O) groups excluding carboxylic acids is 2. The number of nitrogens with zero attached hydrogens (tertiary/aromatic N) is 1. The molecule has 2 aromatic carbocycles. The summed E-state index contributed by atoms with van der Waals surface area (Å²) in [6.07, 6.45) is -3.39. The van der Waals surface area contributed by atoms with Crippen molar-refractivity contribution in [3.63, 3.8) is 0 Å². The number of carbonyl (C=O) groups is 2. The van der Waals surface area contributed by atoms with E-state index in [9.17, 15) is 27.0 Å². The predicted octanol–water partition coefficient (Wildman–Crippen LogP) is 4.88. The Kier molecular flexibility index (Phi) is 6.71. The van der Waals surface area contributed by atoms with E-state index in [1.54, 1.807) is 12.1 Å². The molecule has 0 radical (unpaired) electrons. The van der Waals surface area contributed by atoms with Crippen molar-refractivity contribution < 1.29 is 27.0 Å². The Morgan fingerprint density at radius 1 is 1.00 bits per heavy atom. The van der Waals surface area contributed by atoms with Crippen LogP contribution in [-0.2, 0) is 17.0 Å². The van der Waals surface area contributed by atoms with E-state index in [-0.39, 0.29) is 26.2 Å². The van der Waals surface area contributed by atoms with Crippen LogP contribution >= 0.6 is 11.6 Å². The molecule has 0 fully saturated rings. The largest absolute Gasteiger partial charge is 0.416 e. The zero-order chi connectivity index (χ0) is 22.6. The Bertz CT molecular complexity index is 1150. The van der Waals surface area contributed by atoms with E-state index in [0.29, 0.717) is 0 Å². The van der Waals surface area contributed by atoms with Crippen LogP contribution in [0.25, 0.3) is 0 Å². The Labute approximate surface area is 181 Å². The molecule has 160 valence electrons. The van der Waals surface area contributed by atoms with Gasteiger partial charge in [0.2, 0.25) is 0 Å². The van der Waals surface area contributed by atoms with Crippen LogP contribution < -0.4 is 10.6 Å². The molecule has 0 bridgehead atoms. The van der Waals surface area contributed by atoms with E-state index in [2.05, 4.69) is 15.6 Å². The summed E-state index contributed by atoms with van der Waals surface area (Å²) in [5.41, 5.74) is -0.630. The highest BCUT2D eigenvalue weighted by molar-refractivity contribution is 7.85. The summed E-state index contributed by atoms with van der Waals surface area (Å²) >= 11 is 5.90. The first-order chi connectivity index (χ1) is 14.6. The van der Waals surface area contributed by atoms with E-state index < -0.39 is 34.5 Å². The zero-order valence-electron chi connectivity index (χ0n) is 15.4. The van der Waals surface area contributed by atoms with Crippen LogP contribution in [0.4, 0.5) is 23.7 Å². The van der Waals surface area contributed by atoms with Gasteiger partial charge in [0.1, 0.15) is 15.8 Å². The van der Waals surface area contributed by atoms with Crippen LogP contribution in [-0.4, -0.2) is 21.1 Å². The summed E-state index contributed by atoms with van der Waals surface area (Å²) in [5, 5.41) is 4.65. The van der Waals surface area contributed by atoms with Crippen molar-refractivity contribution in [1.82, 2.24) is 10.3 Å². The van der Waals surface area contributed by atoms with Crippen LogP contribution in [0.5, 0.6) is 0 Å². The summed E-state index contributed by atoms with van der Waals surface area (Å²) in [4.78, 5) is 27.9. The number of pyridine rings is 1. The number of hydrogen-bond donors (Lipinski definition) is 2. The smallest absolute Gasteiger partial charge is 0.306 e. The van der Waals surface area contributed by atoms with Crippen molar-refractivity contribution in [3.05, 3.63) is 83.0 Å². The van der Waals surface area contributed by atoms with Crippen molar-refractivity contribution in [3.8, 4) is 0 Å². The Morgan fingerprint density at radius 2 is 1.74 bits per heavy atom. The summed E-state index contributed by atoms with van der Waals surface area (Å²) < 4.78 is 51.0. The minimum atomic E-state index is -4.56. The van der Waals surface area contributed by atoms with Gasteiger partial charge in [-0.1, -0.05) is 29.8 Å². The number of rotatable bonds is 4. The zero-order valence-corrected chi connectivity index (χ0v) is 17.0. The third-order valence-corrected chi connectivity index (χ3v) is 5.54. The molecule has 2 N–H and O–H groups in total. The molecule has 11 heteroatoms. The second kappa shape index (κ2) is 9.27. The highest BCUT2D eigenvalue weighted by atomic mass is 35.5.